The zero-order chi connectivity index (χ0) is 25.2. The van der Waals surface area contributed by atoms with Crippen LogP contribution in [0.25, 0.3) is 16.7 Å². The summed E-state index contributed by atoms with van der Waals surface area (Å²) in [5.41, 5.74) is 3.59. The van der Waals surface area contributed by atoms with Gasteiger partial charge in [0.2, 0.25) is 0 Å². The number of ketones is 1. The molecule has 0 bridgehead atoms. The van der Waals surface area contributed by atoms with Crippen LogP contribution in [-0.2, 0) is 0 Å². The molecule has 0 atom stereocenters. The number of carbonyl (C=O) groups is 1. The van der Waals surface area contributed by atoms with Gasteiger partial charge in [0.15, 0.2) is 17.3 Å². The van der Waals surface area contributed by atoms with E-state index in [0.29, 0.717) is 34.5 Å². The van der Waals surface area contributed by atoms with E-state index in [4.69, 9.17) is 4.74 Å². The van der Waals surface area contributed by atoms with E-state index in [1.807, 2.05) is 13.0 Å². The Hall–Kier alpha value is -4.01. The monoisotopic (exact) mass is 483 g/mol. The Morgan fingerprint density at radius 1 is 1.14 bits per heavy atom. The van der Waals surface area contributed by atoms with E-state index in [-0.39, 0.29) is 23.8 Å². The first-order valence-corrected chi connectivity index (χ1v) is 11.1. The molecule has 1 heterocycles. The number of carbonyl (C=O) groups excluding carboxylic acids is 1. The molecular formula is C26H24F3N3O3. The number of hydrogen-bond donors (Lipinski definition) is 2. The first-order valence-electron chi connectivity index (χ1n) is 11.1. The van der Waals surface area contributed by atoms with Gasteiger partial charge in [-0.25, -0.2) is 4.98 Å². The van der Waals surface area contributed by atoms with Gasteiger partial charge in [-0.3, -0.25) is 9.36 Å². The molecule has 4 aromatic rings. The van der Waals surface area contributed by atoms with Crippen molar-refractivity contribution in [2.24, 2.45) is 0 Å². The number of ether oxygens (including phenoxy) is 1. The lowest BCUT2D eigenvalue weighted by molar-refractivity contribution is -0.131. The van der Waals surface area contributed by atoms with Crippen molar-refractivity contribution in [1.29, 1.82) is 0 Å². The molecule has 1 aromatic heterocycles. The fraction of sp³-hybridized carbons (Fsp3) is 0.231. The molecule has 0 saturated carbocycles. The molecule has 4 rings (SSSR count). The number of imidazole rings is 1. The number of benzene rings is 3. The van der Waals surface area contributed by atoms with Gasteiger partial charge in [-0.2, -0.15) is 13.2 Å². The van der Waals surface area contributed by atoms with Crippen molar-refractivity contribution in [1.82, 2.24) is 9.55 Å². The number of aromatic hydroxyl groups is 1. The molecule has 0 saturated heterocycles. The number of aromatic nitrogens is 2. The molecule has 0 aliphatic carbocycles. The fourth-order valence-electron chi connectivity index (χ4n) is 3.80. The van der Waals surface area contributed by atoms with E-state index >= 15 is 0 Å². The molecule has 0 fully saturated rings. The third-order valence-electron chi connectivity index (χ3n) is 5.55. The Kier molecular flexibility index (Phi) is 6.68. The number of hydrogen-bond acceptors (Lipinski definition) is 5. The summed E-state index contributed by atoms with van der Waals surface area (Å²) < 4.78 is 45.8. The molecule has 182 valence electrons. The molecule has 9 heteroatoms. The predicted molar refractivity (Wildman–Crippen MR) is 128 cm³/mol. The molecule has 35 heavy (non-hydrogen) atoms. The van der Waals surface area contributed by atoms with E-state index in [1.54, 1.807) is 60.3 Å². The third kappa shape index (κ3) is 5.40. The molecule has 2 N–H and O–H groups in total. The first kappa shape index (κ1) is 24.1. The number of alkyl halides is 3. The summed E-state index contributed by atoms with van der Waals surface area (Å²) in [7, 11) is 0. The number of phenols is 1. The minimum atomic E-state index is -4.30. The summed E-state index contributed by atoms with van der Waals surface area (Å²) >= 11 is 0. The summed E-state index contributed by atoms with van der Waals surface area (Å²) in [6.45, 7) is 3.32. The number of phenolic OH excluding ortho intramolecular Hbond substituents is 1. The zero-order valence-electron chi connectivity index (χ0n) is 19.2. The van der Waals surface area contributed by atoms with Crippen molar-refractivity contribution in [3.63, 3.8) is 0 Å². The second-order valence-electron chi connectivity index (χ2n) is 8.09. The van der Waals surface area contributed by atoms with E-state index in [9.17, 15) is 23.1 Å². The minimum Gasteiger partial charge on any atom is -0.504 e. The number of Topliss-reactive ketones (excluding diaryl/α,β-unsaturated/α-hetero) is 1. The summed E-state index contributed by atoms with van der Waals surface area (Å²) in [6, 6.07) is 15.1. The predicted octanol–water partition coefficient (Wildman–Crippen LogP) is 6.79. The highest BCUT2D eigenvalue weighted by molar-refractivity contribution is 5.97. The van der Waals surface area contributed by atoms with Crippen molar-refractivity contribution in [3.8, 4) is 22.9 Å². The molecule has 0 unspecified atom stereocenters. The molecule has 0 aliphatic rings. The maximum absolute atomic E-state index is 12.7. The number of nitrogens with one attached hydrogen (secondary N) is 1. The van der Waals surface area contributed by atoms with Gasteiger partial charge in [-0.05, 0) is 42.8 Å². The Morgan fingerprint density at radius 3 is 2.60 bits per heavy atom. The number of nitrogens with zero attached hydrogens (tertiary/aromatic N) is 2. The van der Waals surface area contributed by atoms with E-state index in [2.05, 4.69) is 10.3 Å². The Bertz CT molecular complexity index is 1380. The van der Waals surface area contributed by atoms with Crippen molar-refractivity contribution in [2.45, 2.75) is 32.9 Å². The van der Waals surface area contributed by atoms with Crippen LogP contribution < -0.4 is 10.1 Å². The van der Waals surface area contributed by atoms with Crippen LogP contribution in [0.1, 0.15) is 35.7 Å². The molecule has 0 aliphatic heterocycles. The lowest BCUT2D eigenvalue weighted by atomic mass is 10.0. The van der Waals surface area contributed by atoms with Gasteiger partial charge in [-0.1, -0.05) is 19.1 Å². The number of rotatable bonds is 8. The van der Waals surface area contributed by atoms with Gasteiger partial charge in [0.25, 0.3) is 0 Å². The Labute approximate surface area is 200 Å². The summed E-state index contributed by atoms with van der Waals surface area (Å²) in [6.07, 6.45) is -3.34. The van der Waals surface area contributed by atoms with Crippen LogP contribution in [0.5, 0.6) is 17.2 Å². The number of halogens is 3. The Morgan fingerprint density at radius 2 is 1.91 bits per heavy atom. The first-order chi connectivity index (χ1) is 16.7. The number of fused-ring (bicyclic) bond motifs is 1. The van der Waals surface area contributed by atoms with Gasteiger partial charge in [-0.15, -0.1) is 0 Å². The summed E-state index contributed by atoms with van der Waals surface area (Å²) in [5, 5.41) is 12.9. The van der Waals surface area contributed by atoms with Crippen molar-refractivity contribution in [3.05, 3.63) is 72.1 Å². The number of para-hydroxylation sites is 2. The topological polar surface area (TPSA) is 76.4 Å². The average molecular weight is 483 g/mol. The minimum absolute atomic E-state index is 0.0408. The third-order valence-corrected chi connectivity index (χ3v) is 5.55. The largest absolute Gasteiger partial charge is 0.504 e. The lowest BCUT2D eigenvalue weighted by Gasteiger charge is -2.14. The molecule has 0 amide bonds. The van der Waals surface area contributed by atoms with E-state index in [1.165, 1.54) is 6.07 Å². The lowest BCUT2D eigenvalue weighted by Crippen LogP contribution is -2.14. The van der Waals surface area contributed by atoms with Crippen molar-refractivity contribution >= 4 is 22.5 Å². The maximum Gasteiger partial charge on any atom is 0.390 e. The summed E-state index contributed by atoms with van der Waals surface area (Å²) in [5.74, 6) is 0.487. The van der Waals surface area contributed by atoms with Gasteiger partial charge >= 0.3 is 6.18 Å². The smallest absolute Gasteiger partial charge is 0.390 e. The van der Waals surface area contributed by atoms with Crippen molar-refractivity contribution in [2.75, 3.05) is 11.9 Å². The van der Waals surface area contributed by atoms with Crippen LogP contribution in [-0.4, -0.2) is 33.2 Å². The normalized spacial score (nSPS) is 11.6. The van der Waals surface area contributed by atoms with Crippen LogP contribution in [0, 0.1) is 6.92 Å². The highest BCUT2D eigenvalue weighted by Gasteiger charge is 2.26. The highest BCUT2D eigenvalue weighted by Crippen LogP contribution is 2.36. The fourth-order valence-corrected chi connectivity index (χ4v) is 3.80. The average Bonchev–Trinajstić information content (AvgIpc) is 3.23. The molecule has 3 aromatic carbocycles. The van der Waals surface area contributed by atoms with Gasteiger partial charge < -0.3 is 15.2 Å². The Balaban J connectivity index is 1.78. The quantitative estimate of drug-likeness (QED) is 0.270. The van der Waals surface area contributed by atoms with Gasteiger partial charge in [0.1, 0.15) is 17.6 Å². The molecule has 6 nitrogen and oxygen atoms in total. The van der Waals surface area contributed by atoms with Crippen LogP contribution in [0.3, 0.4) is 0 Å². The van der Waals surface area contributed by atoms with E-state index in [0.717, 1.165) is 11.3 Å². The van der Waals surface area contributed by atoms with E-state index < -0.39 is 12.6 Å². The molecular weight excluding hydrogens is 459 g/mol. The van der Waals surface area contributed by atoms with Crippen LogP contribution >= 0.6 is 0 Å². The van der Waals surface area contributed by atoms with Gasteiger partial charge in [0, 0.05) is 36.3 Å². The number of anilines is 1. The SMILES string of the molecule is CCC(=O)c1ccc(-n2cnc3c(NCCC(F)(F)F)cc(Oc4ccccc4O)cc32)cc1C. The molecule has 0 radical (unpaired) electrons. The van der Waals surface area contributed by atoms with Gasteiger partial charge in [0.05, 0.1) is 17.6 Å². The van der Waals surface area contributed by atoms with Crippen molar-refractivity contribution < 1.29 is 27.8 Å². The van der Waals surface area contributed by atoms with Crippen LogP contribution in [0.15, 0.2) is 60.9 Å². The highest BCUT2D eigenvalue weighted by atomic mass is 19.4. The molecule has 0 spiro atoms. The zero-order valence-corrected chi connectivity index (χ0v) is 19.2. The second kappa shape index (κ2) is 9.69. The summed E-state index contributed by atoms with van der Waals surface area (Å²) in [4.78, 5) is 16.6. The second-order valence-corrected chi connectivity index (χ2v) is 8.09. The van der Waals surface area contributed by atoms with Crippen LogP contribution in [0.4, 0.5) is 18.9 Å². The number of aryl methyl sites for hydroxylation is 1. The maximum atomic E-state index is 12.7. The standard InChI is InChI=1S/C26H24F3N3O3/c1-3-22(33)19-9-8-17(12-16(19)2)32-15-31-25-20(30-11-10-26(27,28)29)13-18(14-21(25)32)35-24-7-5-4-6-23(24)34/h4-9,12-15,30,34H,3,10-11H2,1-2H3. The van der Waals surface area contributed by atoms with Crippen LogP contribution in [0.2, 0.25) is 0 Å².